The van der Waals surface area contributed by atoms with Crippen molar-refractivity contribution in [3.05, 3.63) is 69.5 Å². The van der Waals surface area contributed by atoms with E-state index >= 15 is 0 Å². The average molecular weight is 604 g/mol. The van der Waals surface area contributed by atoms with E-state index in [1.807, 2.05) is 24.3 Å². The number of nitrogens with two attached hydrogens (primary N) is 2. The van der Waals surface area contributed by atoms with Crippen molar-refractivity contribution in [1.29, 1.82) is 0 Å². The number of aromatic hydroxyl groups is 1. The maximum atomic E-state index is 14.5. The first kappa shape index (κ1) is 31.4. The van der Waals surface area contributed by atoms with Gasteiger partial charge in [-0.25, -0.2) is 0 Å². The largest absolute Gasteiger partial charge is 0.508 e. The predicted molar refractivity (Wildman–Crippen MR) is 166 cm³/mol. The van der Waals surface area contributed by atoms with E-state index < -0.39 is 57.0 Å². The third kappa shape index (κ3) is 4.01. The molecule has 1 fully saturated rings. The van der Waals surface area contributed by atoms with E-state index in [2.05, 4.69) is 20.8 Å². The maximum Gasteiger partial charge on any atom is 0.255 e. The maximum absolute atomic E-state index is 14.5. The number of hydrogen-bond acceptors (Lipinski definition) is 9. The van der Waals surface area contributed by atoms with Gasteiger partial charge in [-0.05, 0) is 60.7 Å². The Bertz CT molecular complexity index is 1700. The van der Waals surface area contributed by atoms with Crippen molar-refractivity contribution in [2.75, 3.05) is 14.1 Å². The van der Waals surface area contributed by atoms with Gasteiger partial charge in [-0.3, -0.25) is 19.3 Å². The summed E-state index contributed by atoms with van der Waals surface area (Å²) in [5.41, 5.74) is 8.33. The van der Waals surface area contributed by atoms with E-state index in [0.29, 0.717) is 16.7 Å². The highest BCUT2D eigenvalue weighted by Gasteiger charge is 2.72. The van der Waals surface area contributed by atoms with E-state index in [4.69, 9.17) is 11.5 Å². The van der Waals surface area contributed by atoms with Crippen LogP contribution in [0.2, 0.25) is 0 Å². The first-order chi connectivity index (χ1) is 20.3. The second-order valence-electron chi connectivity index (χ2n) is 14.2. The first-order valence-corrected chi connectivity index (χ1v) is 14.6. The molecule has 1 amide bonds. The number of hydrogen-bond donors (Lipinski definition) is 6. The minimum absolute atomic E-state index is 0.0190. The normalized spacial score (nSPS) is 28.6. The van der Waals surface area contributed by atoms with Crippen LogP contribution < -0.4 is 11.5 Å². The number of rotatable bonds is 4. The monoisotopic (exact) mass is 603 g/mol. The van der Waals surface area contributed by atoms with Crippen molar-refractivity contribution in [2.45, 2.75) is 71.1 Å². The topological polar surface area (TPSA) is 187 Å². The Morgan fingerprint density at radius 2 is 1.66 bits per heavy atom. The molecule has 1 saturated carbocycles. The molecule has 3 aliphatic carbocycles. The van der Waals surface area contributed by atoms with E-state index in [1.54, 1.807) is 27.1 Å². The fraction of sp³-hybridized carbons (Fsp3) is 0.441. The molecule has 0 saturated heterocycles. The molecular formula is C34H41N3O7. The van der Waals surface area contributed by atoms with Crippen LogP contribution in [-0.4, -0.2) is 68.5 Å². The zero-order chi connectivity index (χ0) is 32.9. The number of aliphatic hydroxyl groups is 3. The number of primary amides is 1. The summed E-state index contributed by atoms with van der Waals surface area (Å²) in [6.45, 7) is 9.56. The summed E-state index contributed by atoms with van der Waals surface area (Å²) in [6, 6.07) is 8.55. The molecule has 3 aliphatic rings. The molecule has 44 heavy (non-hydrogen) atoms. The highest BCUT2D eigenvalue weighted by atomic mass is 16.3. The van der Waals surface area contributed by atoms with Crippen LogP contribution in [0.1, 0.15) is 63.3 Å². The number of likely N-dealkylation sites (N-methyl/N-ethyl adjacent to an activating group) is 1. The number of phenolic OH excluding ortho intramolecular Hbond substituents is 1. The van der Waals surface area contributed by atoms with Gasteiger partial charge in [-0.1, -0.05) is 58.9 Å². The fourth-order valence-corrected chi connectivity index (χ4v) is 8.01. The molecule has 0 aliphatic heterocycles. The quantitative estimate of drug-likeness (QED) is 0.285. The third-order valence-corrected chi connectivity index (χ3v) is 9.99. The highest BCUT2D eigenvalue weighted by Crippen LogP contribution is 2.63. The van der Waals surface area contributed by atoms with Crippen molar-refractivity contribution in [2.24, 2.45) is 22.3 Å². The second-order valence-corrected chi connectivity index (χ2v) is 14.2. The SMILES string of the molecule is CN(C)[C@@H]1C(=O)C(C(N)=O)=C(O)[C@@]2(O)C(=O)C3=C(O)c4c(O)c(CN)cc(-c5ccc(C(C)(C)C)cc5)c4C[C@@]3(C)C[C@@]12C. The summed E-state index contributed by atoms with van der Waals surface area (Å²) in [6.07, 6.45) is 0.100. The molecule has 4 atom stereocenters. The molecule has 234 valence electrons. The van der Waals surface area contributed by atoms with Crippen molar-refractivity contribution < 1.29 is 34.8 Å². The predicted octanol–water partition coefficient (Wildman–Crippen LogP) is 3.17. The van der Waals surface area contributed by atoms with Crippen LogP contribution in [0.4, 0.5) is 0 Å². The lowest BCUT2D eigenvalue weighted by molar-refractivity contribution is -0.175. The van der Waals surface area contributed by atoms with E-state index in [-0.39, 0.29) is 41.7 Å². The Morgan fingerprint density at radius 3 is 2.16 bits per heavy atom. The minimum atomic E-state index is -2.77. The molecule has 8 N–H and O–H groups in total. The third-order valence-electron chi connectivity index (χ3n) is 9.99. The molecular weight excluding hydrogens is 562 g/mol. The smallest absolute Gasteiger partial charge is 0.255 e. The molecule has 0 aromatic heterocycles. The van der Waals surface area contributed by atoms with Gasteiger partial charge in [-0.2, -0.15) is 0 Å². The molecule has 0 bridgehead atoms. The number of carbonyl (C=O) groups is 3. The number of nitrogens with zero attached hydrogens (tertiary/aromatic N) is 1. The number of fused-ring (bicyclic) bond motifs is 3. The molecule has 2 aromatic carbocycles. The lowest BCUT2D eigenvalue weighted by Crippen LogP contribution is -2.72. The summed E-state index contributed by atoms with van der Waals surface area (Å²) in [5.74, 6) is -5.13. The molecule has 0 spiro atoms. The fourth-order valence-electron chi connectivity index (χ4n) is 8.01. The number of aliphatic hydroxyl groups excluding tert-OH is 2. The van der Waals surface area contributed by atoms with Gasteiger partial charge >= 0.3 is 0 Å². The van der Waals surface area contributed by atoms with Gasteiger partial charge in [-0.15, -0.1) is 0 Å². The van der Waals surface area contributed by atoms with Crippen LogP contribution in [0.3, 0.4) is 0 Å². The van der Waals surface area contributed by atoms with E-state index in [1.165, 1.54) is 11.8 Å². The lowest BCUT2D eigenvalue weighted by Gasteiger charge is -2.59. The number of Topliss-reactive ketones (excluding diaryl/α,β-unsaturated/α-hetero) is 2. The highest BCUT2D eigenvalue weighted by molar-refractivity contribution is 6.25. The minimum Gasteiger partial charge on any atom is -0.508 e. The number of phenols is 1. The van der Waals surface area contributed by atoms with Crippen LogP contribution in [0, 0.1) is 10.8 Å². The van der Waals surface area contributed by atoms with Gasteiger partial charge in [0.05, 0.1) is 11.6 Å². The van der Waals surface area contributed by atoms with E-state index in [9.17, 15) is 34.8 Å². The van der Waals surface area contributed by atoms with Gasteiger partial charge < -0.3 is 31.9 Å². The molecule has 10 nitrogen and oxygen atoms in total. The summed E-state index contributed by atoms with van der Waals surface area (Å²) in [5, 5.41) is 46.7. The molecule has 5 rings (SSSR count). The second kappa shape index (κ2) is 9.76. The molecule has 2 aromatic rings. The standard InChI is InChI=1S/C34H41N3O7/c1-31(2,3)18-10-8-16(9-11-18)19-12-17(14-35)24(38)21-20(19)13-32(4)15-33(5)27(37(6)7)26(40)22(30(36)43)28(41)34(33,44)29(42)23(32)25(21)39/h8-12,27,38-39,41,44H,13-15,35H2,1-7H3,(H2,36,43)/t27-,32+,33+,34-/m1/s1. The number of ketones is 2. The summed E-state index contributed by atoms with van der Waals surface area (Å²) >= 11 is 0. The van der Waals surface area contributed by atoms with Gasteiger partial charge in [0.25, 0.3) is 5.91 Å². The van der Waals surface area contributed by atoms with Crippen LogP contribution >= 0.6 is 0 Å². The van der Waals surface area contributed by atoms with Crippen molar-refractivity contribution in [3.63, 3.8) is 0 Å². The zero-order valence-electron chi connectivity index (χ0n) is 26.2. The summed E-state index contributed by atoms with van der Waals surface area (Å²) < 4.78 is 0. The lowest BCUT2D eigenvalue weighted by atomic mass is 9.46. The van der Waals surface area contributed by atoms with Crippen molar-refractivity contribution >= 4 is 23.2 Å². The molecule has 0 unspecified atom stereocenters. The van der Waals surface area contributed by atoms with Gasteiger partial charge in [0.15, 0.2) is 11.4 Å². The summed E-state index contributed by atoms with van der Waals surface area (Å²) in [7, 11) is 3.15. The van der Waals surface area contributed by atoms with Crippen LogP contribution in [0.5, 0.6) is 5.75 Å². The van der Waals surface area contributed by atoms with Gasteiger partial charge in [0.1, 0.15) is 22.8 Å². The molecule has 10 heteroatoms. The Kier molecular flexibility index (Phi) is 6.97. The Morgan fingerprint density at radius 1 is 1.07 bits per heavy atom. The first-order valence-electron chi connectivity index (χ1n) is 14.6. The van der Waals surface area contributed by atoms with Crippen LogP contribution in [0.25, 0.3) is 16.9 Å². The Balaban J connectivity index is 1.82. The Labute approximate surface area is 256 Å². The van der Waals surface area contributed by atoms with Gasteiger partial charge in [0, 0.05) is 28.5 Å². The van der Waals surface area contributed by atoms with Crippen LogP contribution in [0.15, 0.2) is 47.2 Å². The zero-order valence-corrected chi connectivity index (χ0v) is 26.2. The number of carbonyl (C=O) groups excluding carboxylic acids is 3. The molecule has 0 radical (unpaired) electrons. The van der Waals surface area contributed by atoms with E-state index in [0.717, 1.165) is 11.1 Å². The van der Waals surface area contributed by atoms with Crippen molar-refractivity contribution in [3.8, 4) is 16.9 Å². The number of benzene rings is 2. The van der Waals surface area contributed by atoms with Crippen LogP contribution in [-0.2, 0) is 32.8 Å². The average Bonchev–Trinajstić information content (AvgIpc) is 2.90. The molecule has 0 heterocycles. The van der Waals surface area contributed by atoms with Crippen molar-refractivity contribution in [1.82, 2.24) is 4.90 Å². The van der Waals surface area contributed by atoms with Gasteiger partial charge in [0.2, 0.25) is 5.78 Å². The summed E-state index contributed by atoms with van der Waals surface area (Å²) in [4.78, 5) is 42.0. The Hall–Kier alpha value is -3.99. The number of amides is 1.